The highest BCUT2D eigenvalue weighted by Crippen LogP contribution is 2.27. The van der Waals surface area contributed by atoms with E-state index in [9.17, 15) is 14.0 Å². The molecule has 0 aliphatic carbocycles. The van der Waals surface area contributed by atoms with Crippen LogP contribution >= 0.6 is 11.6 Å². The summed E-state index contributed by atoms with van der Waals surface area (Å²) in [6, 6.07) is 11.2. The molecule has 0 aliphatic rings. The standard InChI is InChI=1S/C19H18ClFO4/c1-2-6-13-7-3-4-10-16(13)24-17(22)11-12-18(23)25-19-14(20)8-5-9-15(19)21/h3-5,7-10H,2,6,11-12H2,1H3. The summed E-state index contributed by atoms with van der Waals surface area (Å²) in [7, 11) is 0. The highest BCUT2D eigenvalue weighted by atomic mass is 35.5. The van der Waals surface area contributed by atoms with Gasteiger partial charge in [0.15, 0.2) is 11.6 Å². The van der Waals surface area contributed by atoms with Crippen molar-refractivity contribution in [1.82, 2.24) is 0 Å². The maximum Gasteiger partial charge on any atom is 0.311 e. The van der Waals surface area contributed by atoms with E-state index in [1.165, 1.54) is 12.1 Å². The number of benzene rings is 2. The van der Waals surface area contributed by atoms with Crippen molar-refractivity contribution in [1.29, 1.82) is 0 Å². The molecule has 0 amide bonds. The number of hydrogen-bond donors (Lipinski definition) is 0. The number of para-hydroxylation sites is 2. The largest absolute Gasteiger partial charge is 0.426 e. The van der Waals surface area contributed by atoms with Crippen molar-refractivity contribution in [3.63, 3.8) is 0 Å². The molecule has 6 heteroatoms. The van der Waals surface area contributed by atoms with E-state index in [1.54, 1.807) is 12.1 Å². The molecule has 0 bridgehead atoms. The molecule has 0 aliphatic heterocycles. The molecule has 2 aromatic carbocycles. The van der Waals surface area contributed by atoms with Crippen molar-refractivity contribution in [3.05, 3.63) is 58.9 Å². The van der Waals surface area contributed by atoms with E-state index in [1.807, 2.05) is 19.1 Å². The van der Waals surface area contributed by atoms with Gasteiger partial charge >= 0.3 is 11.9 Å². The van der Waals surface area contributed by atoms with Crippen molar-refractivity contribution >= 4 is 23.5 Å². The Morgan fingerprint density at radius 3 is 2.36 bits per heavy atom. The summed E-state index contributed by atoms with van der Waals surface area (Å²) in [6.45, 7) is 2.03. The van der Waals surface area contributed by atoms with Crippen molar-refractivity contribution in [2.75, 3.05) is 0 Å². The summed E-state index contributed by atoms with van der Waals surface area (Å²) in [6.07, 6.45) is 1.30. The van der Waals surface area contributed by atoms with Crippen molar-refractivity contribution in [2.45, 2.75) is 32.6 Å². The second-order valence-corrected chi connectivity index (χ2v) is 5.76. The summed E-state index contributed by atoms with van der Waals surface area (Å²) in [5, 5.41) is -0.00980. The van der Waals surface area contributed by atoms with Gasteiger partial charge in [-0.2, -0.15) is 0 Å². The molecule has 0 radical (unpaired) electrons. The summed E-state index contributed by atoms with van der Waals surface area (Å²) in [5.74, 6) is -1.90. The van der Waals surface area contributed by atoms with Crippen molar-refractivity contribution in [2.24, 2.45) is 0 Å². The first kappa shape index (κ1) is 18.9. The molecule has 0 N–H and O–H groups in total. The molecule has 0 atom stereocenters. The van der Waals surface area contributed by atoms with Crippen LogP contribution in [-0.2, 0) is 16.0 Å². The molecule has 0 saturated carbocycles. The normalized spacial score (nSPS) is 10.4. The molecule has 0 aromatic heterocycles. The smallest absolute Gasteiger partial charge is 0.311 e. The van der Waals surface area contributed by atoms with E-state index in [0.29, 0.717) is 5.75 Å². The number of carbonyl (C=O) groups is 2. The van der Waals surface area contributed by atoms with Gasteiger partial charge in [0.05, 0.1) is 17.9 Å². The maximum atomic E-state index is 13.6. The van der Waals surface area contributed by atoms with E-state index >= 15 is 0 Å². The van der Waals surface area contributed by atoms with Crippen LogP contribution in [0.2, 0.25) is 5.02 Å². The van der Waals surface area contributed by atoms with Crippen LogP contribution in [0.15, 0.2) is 42.5 Å². The predicted molar refractivity (Wildman–Crippen MR) is 92.4 cm³/mol. The third-order valence-corrected chi connectivity index (χ3v) is 3.68. The van der Waals surface area contributed by atoms with Gasteiger partial charge < -0.3 is 9.47 Å². The number of aryl methyl sites for hydroxylation is 1. The average molecular weight is 365 g/mol. The molecule has 0 heterocycles. The van der Waals surface area contributed by atoms with Crippen LogP contribution in [-0.4, -0.2) is 11.9 Å². The first-order chi connectivity index (χ1) is 12.0. The van der Waals surface area contributed by atoms with Gasteiger partial charge in [-0.3, -0.25) is 9.59 Å². The molecule has 0 spiro atoms. The first-order valence-electron chi connectivity index (χ1n) is 7.94. The Morgan fingerprint density at radius 2 is 1.68 bits per heavy atom. The SMILES string of the molecule is CCCc1ccccc1OC(=O)CCC(=O)Oc1c(F)cccc1Cl. The minimum Gasteiger partial charge on any atom is -0.426 e. The fourth-order valence-electron chi connectivity index (χ4n) is 2.20. The van der Waals surface area contributed by atoms with Gasteiger partial charge in [0.2, 0.25) is 0 Å². The fraction of sp³-hybridized carbons (Fsp3) is 0.263. The zero-order chi connectivity index (χ0) is 18.2. The number of esters is 2. The van der Waals surface area contributed by atoms with Crippen LogP contribution in [0.25, 0.3) is 0 Å². The lowest BCUT2D eigenvalue weighted by molar-refractivity contribution is -0.140. The van der Waals surface area contributed by atoms with E-state index in [2.05, 4.69) is 0 Å². The van der Waals surface area contributed by atoms with Crippen LogP contribution in [0.5, 0.6) is 11.5 Å². The Bertz CT molecular complexity index is 741. The minimum atomic E-state index is -0.759. The number of hydrogen-bond acceptors (Lipinski definition) is 4. The molecule has 4 nitrogen and oxygen atoms in total. The van der Waals surface area contributed by atoms with Crippen LogP contribution in [0.1, 0.15) is 31.7 Å². The summed E-state index contributed by atoms with van der Waals surface area (Å²) in [4.78, 5) is 23.7. The molecular weight excluding hydrogens is 347 g/mol. The highest BCUT2D eigenvalue weighted by molar-refractivity contribution is 6.32. The monoisotopic (exact) mass is 364 g/mol. The van der Waals surface area contributed by atoms with Crippen LogP contribution in [0, 0.1) is 5.82 Å². The molecular formula is C19H18ClFO4. The van der Waals surface area contributed by atoms with Crippen LogP contribution in [0.4, 0.5) is 4.39 Å². The Kier molecular flexibility index (Phi) is 6.95. The topological polar surface area (TPSA) is 52.6 Å². The van der Waals surface area contributed by atoms with E-state index < -0.39 is 17.8 Å². The summed E-state index contributed by atoms with van der Waals surface area (Å²) in [5.41, 5.74) is 0.930. The second-order valence-electron chi connectivity index (χ2n) is 5.36. The Hall–Kier alpha value is -2.40. The predicted octanol–water partition coefficient (Wildman–Crippen LogP) is 4.72. The summed E-state index contributed by atoms with van der Waals surface area (Å²) < 4.78 is 23.7. The first-order valence-corrected chi connectivity index (χ1v) is 8.32. The zero-order valence-corrected chi connectivity index (χ0v) is 14.5. The lowest BCUT2D eigenvalue weighted by atomic mass is 10.1. The minimum absolute atomic E-state index is 0.00980. The number of halogens is 2. The zero-order valence-electron chi connectivity index (χ0n) is 13.8. The van der Waals surface area contributed by atoms with E-state index in [-0.39, 0.29) is 23.6 Å². The number of carbonyl (C=O) groups excluding carboxylic acids is 2. The van der Waals surface area contributed by atoms with E-state index in [0.717, 1.165) is 24.5 Å². The molecule has 132 valence electrons. The van der Waals surface area contributed by atoms with Crippen LogP contribution in [0.3, 0.4) is 0 Å². The lowest BCUT2D eigenvalue weighted by Gasteiger charge is -2.09. The second kappa shape index (κ2) is 9.18. The fourth-order valence-corrected chi connectivity index (χ4v) is 2.40. The van der Waals surface area contributed by atoms with Crippen molar-refractivity contribution in [3.8, 4) is 11.5 Å². The van der Waals surface area contributed by atoms with Gasteiger partial charge in [0.25, 0.3) is 0 Å². The third kappa shape index (κ3) is 5.57. The summed E-state index contributed by atoms with van der Waals surface area (Å²) >= 11 is 5.78. The Labute approximate surface area is 150 Å². The Balaban J connectivity index is 1.89. The quantitative estimate of drug-likeness (QED) is 0.526. The highest BCUT2D eigenvalue weighted by Gasteiger charge is 2.16. The van der Waals surface area contributed by atoms with Gasteiger partial charge in [-0.25, -0.2) is 4.39 Å². The van der Waals surface area contributed by atoms with Gasteiger partial charge in [-0.15, -0.1) is 0 Å². The lowest BCUT2D eigenvalue weighted by Crippen LogP contribution is -2.15. The molecule has 2 aromatic rings. The van der Waals surface area contributed by atoms with Gasteiger partial charge in [-0.05, 0) is 30.2 Å². The number of rotatable bonds is 7. The number of ether oxygens (including phenoxy) is 2. The molecule has 0 fully saturated rings. The van der Waals surface area contributed by atoms with E-state index in [4.69, 9.17) is 21.1 Å². The molecule has 0 saturated heterocycles. The van der Waals surface area contributed by atoms with Gasteiger partial charge in [-0.1, -0.05) is 49.2 Å². The molecule has 0 unspecified atom stereocenters. The van der Waals surface area contributed by atoms with Gasteiger partial charge in [0.1, 0.15) is 5.75 Å². The third-order valence-electron chi connectivity index (χ3n) is 3.38. The van der Waals surface area contributed by atoms with Crippen LogP contribution < -0.4 is 9.47 Å². The average Bonchev–Trinajstić information content (AvgIpc) is 2.58. The molecule has 2 rings (SSSR count). The maximum absolute atomic E-state index is 13.6. The van der Waals surface area contributed by atoms with Gasteiger partial charge in [0, 0.05) is 0 Å². The Morgan fingerprint density at radius 1 is 1.00 bits per heavy atom. The van der Waals surface area contributed by atoms with Crippen molar-refractivity contribution < 1.29 is 23.5 Å². The molecule has 25 heavy (non-hydrogen) atoms.